The van der Waals surface area contributed by atoms with E-state index in [2.05, 4.69) is 15.5 Å². The first-order chi connectivity index (χ1) is 6.09. The van der Waals surface area contributed by atoms with Crippen LogP contribution in [0.1, 0.15) is 20.3 Å². The SMILES string of the molecule is CC(C)CC(=O)Nc1nncn1C. The number of anilines is 1. The van der Waals surface area contributed by atoms with Crippen LogP contribution >= 0.6 is 0 Å². The zero-order chi connectivity index (χ0) is 9.84. The second-order valence-electron chi connectivity index (χ2n) is 3.41. The Morgan fingerprint density at radius 2 is 2.38 bits per heavy atom. The standard InChI is InChI=1S/C8H14N4O/c1-6(2)4-7(13)10-8-11-9-5-12(8)3/h5-6H,4H2,1-3H3,(H,10,11,13). The second-order valence-corrected chi connectivity index (χ2v) is 3.41. The monoisotopic (exact) mass is 182 g/mol. The molecule has 13 heavy (non-hydrogen) atoms. The van der Waals surface area contributed by atoms with Crippen LogP contribution in [0.4, 0.5) is 5.95 Å². The third-order valence-corrected chi connectivity index (χ3v) is 1.56. The van der Waals surface area contributed by atoms with Crippen molar-refractivity contribution < 1.29 is 4.79 Å². The molecule has 0 fully saturated rings. The van der Waals surface area contributed by atoms with Gasteiger partial charge >= 0.3 is 0 Å². The van der Waals surface area contributed by atoms with E-state index in [-0.39, 0.29) is 5.91 Å². The van der Waals surface area contributed by atoms with Gasteiger partial charge in [-0.15, -0.1) is 10.2 Å². The molecule has 1 heterocycles. The molecule has 1 amide bonds. The number of hydrogen-bond donors (Lipinski definition) is 1. The molecular formula is C8H14N4O. The van der Waals surface area contributed by atoms with E-state index in [0.717, 1.165) is 0 Å². The highest BCUT2D eigenvalue weighted by atomic mass is 16.1. The highest BCUT2D eigenvalue weighted by Gasteiger charge is 2.07. The molecule has 5 heteroatoms. The zero-order valence-electron chi connectivity index (χ0n) is 8.11. The van der Waals surface area contributed by atoms with Crippen LogP contribution in [0.5, 0.6) is 0 Å². The third-order valence-electron chi connectivity index (χ3n) is 1.56. The molecule has 1 aromatic rings. The largest absolute Gasteiger partial charge is 0.303 e. The molecule has 72 valence electrons. The molecule has 0 spiro atoms. The Morgan fingerprint density at radius 3 is 2.85 bits per heavy atom. The van der Waals surface area contributed by atoms with E-state index in [1.807, 2.05) is 13.8 Å². The van der Waals surface area contributed by atoms with Crippen LogP contribution in [0.15, 0.2) is 6.33 Å². The van der Waals surface area contributed by atoms with Gasteiger partial charge < -0.3 is 4.57 Å². The lowest BCUT2D eigenvalue weighted by Crippen LogP contribution is -2.16. The van der Waals surface area contributed by atoms with E-state index in [4.69, 9.17) is 0 Å². The first kappa shape index (κ1) is 9.70. The summed E-state index contributed by atoms with van der Waals surface area (Å²) in [6.45, 7) is 3.99. The van der Waals surface area contributed by atoms with Gasteiger partial charge in [0.05, 0.1) is 0 Å². The van der Waals surface area contributed by atoms with Crippen molar-refractivity contribution in [3.05, 3.63) is 6.33 Å². The van der Waals surface area contributed by atoms with Crippen LogP contribution in [-0.4, -0.2) is 20.7 Å². The molecule has 5 nitrogen and oxygen atoms in total. The smallest absolute Gasteiger partial charge is 0.230 e. The highest BCUT2D eigenvalue weighted by Crippen LogP contribution is 2.03. The van der Waals surface area contributed by atoms with Crippen LogP contribution in [-0.2, 0) is 11.8 Å². The predicted octanol–water partition coefficient (Wildman–Crippen LogP) is 0.800. The zero-order valence-corrected chi connectivity index (χ0v) is 8.11. The van der Waals surface area contributed by atoms with Crippen molar-refractivity contribution in [1.82, 2.24) is 14.8 Å². The topological polar surface area (TPSA) is 59.8 Å². The summed E-state index contributed by atoms with van der Waals surface area (Å²) in [5.41, 5.74) is 0. The first-order valence-corrected chi connectivity index (χ1v) is 4.23. The Kier molecular flexibility index (Phi) is 3.00. The van der Waals surface area contributed by atoms with E-state index in [9.17, 15) is 4.79 Å². The number of aryl methyl sites for hydroxylation is 1. The van der Waals surface area contributed by atoms with Gasteiger partial charge in [-0.05, 0) is 5.92 Å². The predicted molar refractivity (Wildman–Crippen MR) is 49.1 cm³/mol. The van der Waals surface area contributed by atoms with E-state index in [1.165, 1.54) is 0 Å². The number of nitrogens with one attached hydrogen (secondary N) is 1. The minimum Gasteiger partial charge on any atom is -0.303 e. The summed E-state index contributed by atoms with van der Waals surface area (Å²) in [6.07, 6.45) is 2.05. The summed E-state index contributed by atoms with van der Waals surface area (Å²) in [4.78, 5) is 11.3. The average Bonchev–Trinajstić information content (AvgIpc) is 2.34. The highest BCUT2D eigenvalue weighted by molar-refractivity contribution is 5.89. The van der Waals surface area contributed by atoms with Crippen molar-refractivity contribution in [3.8, 4) is 0 Å². The summed E-state index contributed by atoms with van der Waals surface area (Å²) in [6, 6.07) is 0. The Balaban J connectivity index is 2.50. The number of carbonyl (C=O) groups excluding carboxylic acids is 1. The Labute approximate surface area is 77.2 Å². The van der Waals surface area contributed by atoms with Gasteiger partial charge in [0, 0.05) is 13.5 Å². The lowest BCUT2D eigenvalue weighted by molar-refractivity contribution is -0.116. The average molecular weight is 182 g/mol. The molecule has 0 aromatic carbocycles. The molecule has 0 saturated carbocycles. The molecule has 1 rings (SSSR count). The fourth-order valence-electron chi connectivity index (χ4n) is 0.943. The van der Waals surface area contributed by atoms with E-state index >= 15 is 0 Å². The summed E-state index contributed by atoms with van der Waals surface area (Å²) in [5, 5.41) is 10.1. The van der Waals surface area contributed by atoms with E-state index in [0.29, 0.717) is 18.3 Å². The Morgan fingerprint density at radius 1 is 1.69 bits per heavy atom. The maximum Gasteiger partial charge on any atom is 0.230 e. The van der Waals surface area contributed by atoms with E-state index in [1.54, 1.807) is 17.9 Å². The van der Waals surface area contributed by atoms with Gasteiger partial charge in [0.1, 0.15) is 6.33 Å². The number of carbonyl (C=O) groups is 1. The lowest BCUT2D eigenvalue weighted by Gasteiger charge is -2.05. The van der Waals surface area contributed by atoms with Gasteiger partial charge in [0.15, 0.2) is 0 Å². The molecule has 0 atom stereocenters. The van der Waals surface area contributed by atoms with Crippen molar-refractivity contribution in [2.45, 2.75) is 20.3 Å². The number of aromatic nitrogens is 3. The van der Waals surface area contributed by atoms with Crippen molar-refractivity contribution in [3.63, 3.8) is 0 Å². The molecule has 0 bridgehead atoms. The van der Waals surface area contributed by atoms with Crippen molar-refractivity contribution in [2.24, 2.45) is 13.0 Å². The Hall–Kier alpha value is -1.39. The number of nitrogens with zero attached hydrogens (tertiary/aromatic N) is 3. The van der Waals surface area contributed by atoms with Crippen molar-refractivity contribution in [2.75, 3.05) is 5.32 Å². The van der Waals surface area contributed by atoms with Crippen LogP contribution < -0.4 is 5.32 Å². The van der Waals surface area contributed by atoms with Crippen LogP contribution in [0.2, 0.25) is 0 Å². The molecule has 1 N–H and O–H groups in total. The van der Waals surface area contributed by atoms with Gasteiger partial charge in [0.2, 0.25) is 11.9 Å². The Bertz CT molecular complexity index is 292. The minimum atomic E-state index is -0.0221. The van der Waals surface area contributed by atoms with Crippen LogP contribution in [0.25, 0.3) is 0 Å². The fraction of sp³-hybridized carbons (Fsp3) is 0.625. The minimum absolute atomic E-state index is 0.0221. The normalized spacial score (nSPS) is 10.5. The van der Waals surface area contributed by atoms with Gasteiger partial charge in [-0.3, -0.25) is 10.1 Å². The lowest BCUT2D eigenvalue weighted by atomic mass is 10.1. The second kappa shape index (κ2) is 4.02. The maximum absolute atomic E-state index is 11.3. The summed E-state index contributed by atoms with van der Waals surface area (Å²) < 4.78 is 1.66. The molecule has 0 aliphatic rings. The first-order valence-electron chi connectivity index (χ1n) is 4.23. The molecule has 0 aliphatic heterocycles. The number of rotatable bonds is 3. The molecule has 0 saturated heterocycles. The molecule has 0 aliphatic carbocycles. The van der Waals surface area contributed by atoms with Crippen LogP contribution in [0, 0.1) is 5.92 Å². The van der Waals surface area contributed by atoms with Gasteiger partial charge in [-0.25, -0.2) is 0 Å². The van der Waals surface area contributed by atoms with Crippen LogP contribution in [0.3, 0.4) is 0 Å². The third kappa shape index (κ3) is 2.85. The molecule has 0 radical (unpaired) electrons. The summed E-state index contributed by atoms with van der Waals surface area (Å²) in [5.74, 6) is 0.824. The molecule has 0 unspecified atom stereocenters. The number of hydrogen-bond acceptors (Lipinski definition) is 3. The van der Waals surface area contributed by atoms with Gasteiger partial charge in [-0.2, -0.15) is 0 Å². The number of amides is 1. The summed E-state index contributed by atoms with van der Waals surface area (Å²) >= 11 is 0. The fourth-order valence-corrected chi connectivity index (χ4v) is 0.943. The maximum atomic E-state index is 11.3. The van der Waals surface area contributed by atoms with Gasteiger partial charge in [-0.1, -0.05) is 13.8 Å². The summed E-state index contributed by atoms with van der Waals surface area (Å²) in [7, 11) is 1.78. The molecular weight excluding hydrogens is 168 g/mol. The van der Waals surface area contributed by atoms with E-state index < -0.39 is 0 Å². The molecule has 1 aromatic heterocycles. The van der Waals surface area contributed by atoms with Gasteiger partial charge in [0.25, 0.3) is 0 Å². The van der Waals surface area contributed by atoms with Crippen molar-refractivity contribution in [1.29, 1.82) is 0 Å². The quantitative estimate of drug-likeness (QED) is 0.752. The van der Waals surface area contributed by atoms with Crippen molar-refractivity contribution >= 4 is 11.9 Å².